The van der Waals surface area contributed by atoms with Crippen LogP contribution < -0.4 is 4.90 Å². The lowest BCUT2D eigenvalue weighted by Crippen LogP contribution is -2.26. The molecule has 1 aliphatic heterocycles. The van der Waals surface area contributed by atoms with Crippen molar-refractivity contribution in [2.75, 3.05) is 18.0 Å². The Labute approximate surface area is 154 Å². The third-order valence-corrected chi connectivity index (χ3v) is 4.99. The molecule has 0 aliphatic carbocycles. The van der Waals surface area contributed by atoms with Crippen LogP contribution in [0.3, 0.4) is 0 Å². The minimum absolute atomic E-state index is 0.251. The van der Waals surface area contributed by atoms with Gasteiger partial charge in [-0.25, -0.2) is 0 Å². The molecular formula is C18H18ClF2N5. The van der Waals surface area contributed by atoms with Gasteiger partial charge in [-0.2, -0.15) is 13.3 Å². The normalized spacial score (nSPS) is 18.9. The second-order valence-corrected chi connectivity index (χ2v) is 6.98. The SMILES string of the molecule is FC(F)(Cl)c1nnc2ccc(N3CCCC(c4ccccc4)CC3)nn12. The third-order valence-electron chi connectivity index (χ3n) is 4.83. The van der Waals surface area contributed by atoms with Crippen LogP contribution in [0.1, 0.15) is 36.6 Å². The first kappa shape index (κ1) is 17.1. The van der Waals surface area contributed by atoms with E-state index in [0.29, 0.717) is 11.7 Å². The van der Waals surface area contributed by atoms with E-state index in [1.807, 2.05) is 6.07 Å². The van der Waals surface area contributed by atoms with Gasteiger partial charge in [-0.15, -0.1) is 15.3 Å². The third kappa shape index (κ3) is 3.35. The zero-order valence-electron chi connectivity index (χ0n) is 14.0. The second-order valence-electron chi connectivity index (χ2n) is 6.51. The molecule has 0 saturated carbocycles. The summed E-state index contributed by atoms with van der Waals surface area (Å²) in [5, 5.41) is 7.89. The lowest BCUT2D eigenvalue weighted by atomic mass is 9.92. The van der Waals surface area contributed by atoms with Crippen molar-refractivity contribution in [1.82, 2.24) is 19.8 Å². The lowest BCUT2D eigenvalue weighted by molar-refractivity contribution is 0.0820. The van der Waals surface area contributed by atoms with Crippen molar-refractivity contribution in [3.05, 3.63) is 53.9 Å². The summed E-state index contributed by atoms with van der Waals surface area (Å²) >= 11 is 5.12. The average molecular weight is 378 g/mol. The number of anilines is 1. The highest BCUT2D eigenvalue weighted by Crippen LogP contribution is 2.32. The standard InChI is InChI=1S/C18H18ClF2N5/c19-18(20,21)17-23-22-15-8-9-16(24-26(15)17)25-11-4-7-14(10-12-25)13-5-2-1-3-6-13/h1-3,5-6,8-9,14H,4,7,10-12H2. The fourth-order valence-electron chi connectivity index (χ4n) is 3.51. The summed E-state index contributed by atoms with van der Waals surface area (Å²) in [5.41, 5.74) is 1.60. The van der Waals surface area contributed by atoms with Crippen LogP contribution in [0.25, 0.3) is 5.65 Å². The molecular weight excluding hydrogens is 360 g/mol. The van der Waals surface area contributed by atoms with Gasteiger partial charge in [0.2, 0.25) is 5.82 Å². The van der Waals surface area contributed by atoms with E-state index in [-0.39, 0.29) is 5.65 Å². The molecule has 1 unspecified atom stereocenters. The summed E-state index contributed by atoms with van der Waals surface area (Å²) in [6, 6.07) is 13.9. The van der Waals surface area contributed by atoms with E-state index in [9.17, 15) is 8.78 Å². The molecule has 1 aromatic carbocycles. The highest BCUT2D eigenvalue weighted by atomic mass is 35.5. The van der Waals surface area contributed by atoms with Gasteiger partial charge in [-0.1, -0.05) is 30.3 Å². The maximum atomic E-state index is 13.5. The van der Waals surface area contributed by atoms with E-state index in [1.165, 1.54) is 5.56 Å². The number of benzene rings is 1. The largest absolute Gasteiger partial charge is 0.383 e. The van der Waals surface area contributed by atoms with Crippen LogP contribution in [0.4, 0.5) is 14.6 Å². The molecule has 5 nitrogen and oxygen atoms in total. The molecule has 3 heterocycles. The van der Waals surface area contributed by atoms with Gasteiger partial charge in [0.25, 0.3) is 0 Å². The van der Waals surface area contributed by atoms with E-state index in [1.54, 1.807) is 12.1 Å². The number of rotatable bonds is 3. The molecule has 1 saturated heterocycles. The summed E-state index contributed by atoms with van der Waals surface area (Å²) in [7, 11) is 0. The molecule has 0 bridgehead atoms. The molecule has 26 heavy (non-hydrogen) atoms. The van der Waals surface area contributed by atoms with Crippen LogP contribution >= 0.6 is 11.6 Å². The molecule has 1 aliphatic rings. The molecule has 1 atom stereocenters. The summed E-state index contributed by atoms with van der Waals surface area (Å²) in [6.07, 6.45) is 3.10. The Balaban J connectivity index is 1.58. The van der Waals surface area contributed by atoms with Gasteiger partial charge in [0, 0.05) is 13.1 Å². The van der Waals surface area contributed by atoms with Crippen LogP contribution in [-0.4, -0.2) is 32.9 Å². The van der Waals surface area contributed by atoms with Crippen molar-refractivity contribution in [3.8, 4) is 0 Å². The number of nitrogens with zero attached hydrogens (tertiary/aromatic N) is 5. The minimum atomic E-state index is -3.61. The highest BCUT2D eigenvalue weighted by molar-refractivity contribution is 6.21. The predicted octanol–water partition coefficient (Wildman–Crippen LogP) is 4.19. The molecule has 0 radical (unpaired) electrons. The first-order chi connectivity index (χ1) is 12.5. The zero-order chi connectivity index (χ0) is 18.1. The Morgan fingerprint density at radius 2 is 1.81 bits per heavy atom. The number of hydrogen-bond donors (Lipinski definition) is 0. The second kappa shape index (κ2) is 6.79. The van der Waals surface area contributed by atoms with Crippen molar-refractivity contribution >= 4 is 23.1 Å². The smallest absolute Gasteiger partial charge is 0.355 e. The average Bonchev–Trinajstić information content (AvgIpc) is 2.91. The number of aromatic nitrogens is 4. The molecule has 3 aromatic rings. The van der Waals surface area contributed by atoms with Gasteiger partial charge in [0.1, 0.15) is 5.82 Å². The summed E-state index contributed by atoms with van der Waals surface area (Å²) < 4.78 is 28.0. The van der Waals surface area contributed by atoms with Crippen molar-refractivity contribution in [1.29, 1.82) is 0 Å². The molecule has 136 valence electrons. The van der Waals surface area contributed by atoms with Crippen LogP contribution in [0, 0.1) is 0 Å². The first-order valence-corrected chi connectivity index (χ1v) is 9.00. The number of hydrogen-bond acceptors (Lipinski definition) is 4. The Hall–Kier alpha value is -2.28. The summed E-state index contributed by atoms with van der Waals surface area (Å²) in [5.74, 6) is 0.476. The molecule has 0 N–H and O–H groups in total. The Kier molecular flexibility index (Phi) is 4.48. The van der Waals surface area contributed by atoms with Gasteiger partial charge in [0.15, 0.2) is 5.65 Å². The Morgan fingerprint density at radius 1 is 1.00 bits per heavy atom. The van der Waals surface area contributed by atoms with Gasteiger partial charge in [0.05, 0.1) is 0 Å². The number of halogens is 3. The topological polar surface area (TPSA) is 46.3 Å². The molecule has 2 aromatic heterocycles. The fourth-order valence-corrected chi connectivity index (χ4v) is 3.63. The van der Waals surface area contributed by atoms with Crippen molar-refractivity contribution < 1.29 is 8.78 Å². The number of alkyl halides is 3. The summed E-state index contributed by atoms with van der Waals surface area (Å²) in [6.45, 7) is 1.64. The van der Waals surface area contributed by atoms with Crippen LogP contribution in [0.5, 0.6) is 0 Å². The zero-order valence-corrected chi connectivity index (χ0v) is 14.8. The Bertz CT molecular complexity index is 893. The van der Waals surface area contributed by atoms with Crippen molar-refractivity contribution in [2.24, 2.45) is 0 Å². The maximum absolute atomic E-state index is 13.5. The highest BCUT2D eigenvalue weighted by Gasteiger charge is 2.35. The van der Waals surface area contributed by atoms with Gasteiger partial charge in [-0.05, 0) is 54.5 Å². The predicted molar refractivity (Wildman–Crippen MR) is 95.8 cm³/mol. The molecule has 0 spiro atoms. The van der Waals surface area contributed by atoms with Crippen molar-refractivity contribution in [2.45, 2.75) is 30.6 Å². The van der Waals surface area contributed by atoms with Gasteiger partial charge in [-0.3, -0.25) is 0 Å². The molecule has 0 amide bonds. The minimum Gasteiger partial charge on any atom is -0.355 e. The number of fused-ring (bicyclic) bond motifs is 1. The van der Waals surface area contributed by atoms with E-state index in [2.05, 4.69) is 44.5 Å². The first-order valence-electron chi connectivity index (χ1n) is 8.62. The molecule has 4 rings (SSSR count). The van der Waals surface area contributed by atoms with Gasteiger partial charge >= 0.3 is 5.38 Å². The monoisotopic (exact) mass is 377 g/mol. The maximum Gasteiger partial charge on any atom is 0.383 e. The Morgan fingerprint density at radius 3 is 2.58 bits per heavy atom. The fraction of sp³-hybridized carbons (Fsp3) is 0.389. The van der Waals surface area contributed by atoms with Gasteiger partial charge < -0.3 is 4.90 Å². The quantitative estimate of drug-likeness (QED) is 0.642. The van der Waals surface area contributed by atoms with Crippen LogP contribution in [0.2, 0.25) is 0 Å². The van der Waals surface area contributed by atoms with E-state index in [0.717, 1.165) is 36.9 Å². The summed E-state index contributed by atoms with van der Waals surface area (Å²) in [4.78, 5) is 2.12. The lowest BCUT2D eigenvalue weighted by Gasteiger charge is -2.21. The van der Waals surface area contributed by atoms with E-state index >= 15 is 0 Å². The van der Waals surface area contributed by atoms with E-state index in [4.69, 9.17) is 11.6 Å². The van der Waals surface area contributed by atoms with Crippen molar-refractivity contribution in [3.63, 3.8) is 0 Å². The van der Waals surface area contributed by atoms with E-state index < -0.39 is 11.2 Å². The van der Waals surface area contributed by atoms with Crippen LogP contribution in [-0.2, 0) is 5.38 Å². The van der Waals surface area contributed by atoms with Crippen LogP contribution in [0.15, 0.2) is 42.5 Å². The molecule has 1 fully saturated rings. The molecule has 8 heteroatoms.